The lowest BCUT2D eigenvalue weighted by Gasteiger charge is -2.40. The van der Waals surface area contributed by atoms with Crippen LogP contribution in [-0.4, -0.2) is 40.0 Å². The molecule has 1 aromatic heterocycles. The van der Waals surface area contributed by atoms with Crippen molar-refractivity contribution in [2.75, 3.05) is 6.61 Å². The van der Waals surface area contributed by atoms with Crippen molar-refractivity contribution in [3.63, 3.8) is 0 Å². The summed E-state index contributed by atoms with van der Waals surface area (Å²) in [7, 11) is 0. The van der Waals surface area contributed by atoms with Gasteiger partial charge in [0.25, 0.3) is 0 Å². The summed E-state index contributed by atoms with van der Waals surface area (Å²) in [6.07, 6.45) is 2.66. The van der Waals surface area contributed by atoms with Crippen molar-refractivity contribution in [2.45, 2.75) is 64.3 Å². The van der Waals surface area contributed by atoms with E-state index in [0.29, 0.717) is 18.0 Å². The summed E-state index contributed by atoms with van der Waals surface area (Å²) in [6, 6.07) is 6.17. The quantitative estimate of drug-likeness (QED) is 0.713. The summed E-state index contributed by atoms with van der Waals surface area (Å²) in [5.41, 5.74) is 1.99. The van der Waals surface area contributed by atoms with E-state index in [4.69, 9.17) is 14.6 Å². The molecule has 5 atom stereocenters. The summed E-state index contributed by atoms with van der Waals surface area (Å²) >= 11 is 1.33. The van der Waals surface area contributed by atoms with Gasteiger partial charge in [0.2, 0.25) is 0 Å². The number of aromatic nitrogens is 1. The standard InChI is InChI=1S/C23H29NO5S/c1-4-14-5-6-15(9-13(14)2)28-11-17-16-7-8-23(3,29-20(16)10-19(17)25)22-24-18(12-30-22)21(26)27/h5-6,9,12,16-17,19-20,25H,4,7-8,10-11H2,1-3H3,(H,26,27)/t16-,17-,19-,20+,23-/m1/s1. The Morgan fingerprint density at radius 1 is 1.43 bits per heavy atom. The molecule has 1 saturated heterocycles. The van der Waals surface area contributed by atoms with E-state index in [1.165, 1.54) is 22.5 Å². The van der Waals surface area contributed by atoms with Crippen LogP contribution in [0.4, 0.5) is 0 Å². The lowest BCUT2D eigenvalue weighted by atomic mass is 9.83. The van der Waals surface area contributed by atoms with Crippen molar-refractivity contribution in [1.29, 1.82) is 0 Å². The van der Waals surface area contributed by atoms with Crippen molar-refractivity contribution in [2.24, 2.45) is 11.8 Å². The molecule has 0 unspecified atom stereocenters. The first-order valence-corrected chi connectivity index (χ1v) is 11.5. The summed E-state index contributed by atoms with van der Waals surface area (Å²) < 4.78 is 12.5. The van der Waals surface area contributed by atoms with Crippen LogP contribution in [0.15, 0.2) is 23.6 Å². The fraction of sp³-hybridized carbons (Fsp3) is 0.565. The lowest BCUT2D eigenvalue weighted by Crippen LogP contribution is -2.41. The molecule has 6 nitrogen and oxygen atoms in total. The number of aliphatic hydroxyl groups excluding tert-OH is 1. The van der Waals surface area contributed by atoms with Gasteiger partial charge in [-0.3, -0.25) is 0 Å². The molecule has 1 aromatic carbocycles. The molecule has 4 rings (SSSR count). The molecular formula is C23H29NO5S. The fourth-order valence-electron chi connectivity index (χ4n) is 4.87. The van der Waals surface area contributed by atoms with Crippen LogP contribution in [0.5, 0.6) is 5.75 Å². The predicted molar refractivity (Wildman–Crippen MR) is 114 cm³/mol. The molecule has 1 saturated carbocycles. The fourth-order valence-corrected chi connectivity index (χ4v) is 5.80. The van der Waals surface area contributed by atoms with E-state index in [0.717, 1.165) is 25.0 Å². The second kappa shape index (κ2) is 8.29. The van der Waals surface area contributed by atoms with E-state index in [-0.39, 0.29) is 23.6 Å². The van der Waals surface area contributed by atoms with Crippen molar-refractivity contribution < 1.29 is 24.5 Å². The molecule has 2 aromatic rings. The SMILES string of the molecule is CCc1ccc(OC[C@@H]2[C@H]3CC[C@](C)(c4nc(C(=O)O)cs4)O[C@H]3C[C@H]2O)cc1C. The second-order valence-electron chi connectivity index (χ2n) is 8.65. The molecular weight excluding hydrogens is 402 g/mol. The summed E-state index contributed by atoms with van der Waals surface area (Å²) in [4.78, 5) is 15.4. The molecule has 1 aliphatic carbocycles. The number of hydrogen-bond acceptors (Lipinski definition) is 6. The number of aryl methyl sites for hydroxylation is 2. The number of carboxylic acids is 1. The Kier molecular flexibility index (Phi) is 5.88. The monoisotopic (exact) mass is 431 g/mol. The van der Waals surface area contributed by atoms with Gasteiger partial charge in [-0.15, -0.1) is 11.3 Å². The number of fused-ring (bicyclic) bond motifs is 1. The largest absolute Gasteiger partial charge is 0.493 e. The van der Waals surface area contributed by atoms with E-state index in [1.54, 1.807) is 5.38 Å². The first-order chi connectivity index (χ1) is 14.3. The van der Waals surface area contributed by atoms with Gasteiger partial charge in [0.15, 0.2) is 5.69 Å². The van der Waals surface area contributed by atoms with Crippen LogP contribution in [0, 0.1) is 18.8 Å². The number of hydrogen-bond donors (Lipinski definition) is 2. The van der Waals surface area contributed by atoms with Crippen molar-refractivity contribution in [1.82, 2.24) is 4.98 Å². The average molecular weight is 432 g/mol. The molecule has 7 heteroatoms. The first kappa shape index (κ1) is 21.3. The van der Waals surface area contributed by atoms with Crippen molar-refractivity contribution in [3.8, 4) is 5.75 Å². The molecule has 162 valence electrons. The van der Waals surface area contributed by atoms with Gasteiger partial charge in [0.1, 0.15) is 16.4 Å². The number of aromatic carboxylic acids is 1. The number of aliphatic hydroxyl groups is 1. The Morgan fingerprint density at radius 3 is 2.90 bits per heavy atom. The summed E-state index contributed by atoms with van der Waals surface area (Å²) in [5, 5.41) is 22.1. The molecule has 0 radical (unpaired) electrons. The van der Waals surface area contributed by atoms with E-state index in [9.17, 15) is 9.90 Å². The van der Waals surface area contributed by atoms with Crippen LogP contribution in [0.1, 0.15) is 59.7 Å². The van der Waals surface area contributed by atoms with Gasteiger partial charge >= 0.3 is 5.97 Å². The molecule has 2 fully saturated rings. The lowest BCUT2D eigenvalue weighted by molar-refractivity contribution is -0.145. The maximum absolute atomic E-state index is 11.2. The normalized spacial score (nSPS) is 30.8. The van der Waals surface area contributed by atoms with Crippen LogP contribution < -0.4 is 4.74 Å². The minimum absolute atomic E-state index is 0.0246. The van der Waals surface area contributed by atoms with Gasteiger partial charge < -0.3 is 19.7 Å². The number of thiazole rings is 1. The van der Waals surface area contributed by atoms with Gasteiger partial charge in [-0.25, -0.2) is 9.78 Å². The van der Waals surface area contributed by atoms with Crippen LogP contribution in [-0.2, 0) is 16.8 Å². The number of nitrogens with zero attached hydrogens (tertiary/aromatic N) is 1. The molecule has 2 aliphatic rings. The van der Waals surface area contributed by atoms with Gasteiger partial charge in [-0.1, -0.05) is 13.0 Å². The van der Waals surface area contributed by atoms with Gasteiger partial charge in [-0.05, 0) is 62.3 Å². The van der Waals surface area contributed by atoms with Crippen molar-refractivity contribution in [3.05, 3.63) is 45.4 Å². The molecule has 30 heavy (non-hydrogen) atoms. The molecule has 0 amide bonds. The van der Waals surface area contributed by atoms with E-state index in [1.807, 2.05) is 13.0 Å². The zero-order valence-electron chi connectivity index (χ0n) is 17.6. The third-order valence-corrected chi connectivity index (χ3v) is 7.76. The Bertz CT molecular complexity index is 928. The van der Waals surface area contributed by atoms with Gasteiger partial charge in [0, 0.05) is 17.7 Å². The summed E-state index contributed by atoms with van der Waals surface area (Å²) in [6.45, 7) is 6.68. The highest BCUT2D eigenvalue weighted by molar-refractivity contribution is 7.10. The van der Waals surface area contributed by atoms with Crippen LogP contribution >= 0.6 is 11.3 Å². The first-order valence-electron chi connectivity index (χ1n) is 10.6. The number of benzene rings is 1. The number of carbonyl (C=O) groups is 1. The Hall–Kier alpha value is -1.96. The zero-order valence-corrected chi connectivity index (χ0v) is 18.4. The second-order valence-corrected chi connectivity index (χ2v) is 9.51. The highest BCUT2D eigenvalue weighted by Crippen LogP contribution is 2.48. The number of carboxylic acid groups (broad SMARTS) is 1. The maximum Gasteiger partial charge on any atom is 0.355 e. The third kappa shape index (κ3) is 3.98. The highest BCUT2D eigenvalue weighted by atomic mass is 32.1. The van der Waals surface area contributed by atoms with Crippen LogP contribution in [0.2, 0.25) is 0 Å². The average Bonchev–Trinajstić information content (AvgIpc) is 3.31. The topological polar surface area (TPSA) is 88.9 Å². The Labute approximate surface area is 180 Å². The van der Waals surface area contributed by atoms with E-state index < -0.39 is 17.7 Å². The molecule has 2 N–H and O–H groups in total. The third-order valence-electron chi connectivity index (χ3n) is 6.67. The van der Waals surface area contributed by atoms with E-state index in [2.05, 4.69) is 31.0 Å². The number of ether oxygens (including phenoxy) is 2. The molecule has 0 spiro atoms. The molecule has 0 bridgehead atoms. The molecule has 1 aliphatic heterocycles. The van der Waals surface area contributed by atoms with E-state index >= 15 is 0 Å². The minimum Gasteiger partial charge on any atom is -0.493 e. The molecule has 2 heterocycles. The number of rotatable bonds is 6. The van der Waals surface area contributed by atoms with Gasteiger partial charge in [-0.2, -0.15) is 0 Å². The van der Waals surface area contributed by atoms with Gasteiger partial charge in [0.05, 0.1) is 18.8 Å². The van der Waals surface area contributed by atoms with Crippen molar-refractivity contribution >= 4 is 17.3 Å². The minimum atomic E-state index is -1.02. The Morgan fingerprint density at radius 2 is 2.23 bits per heavy atom. The Balaban J connectivity index is 1.42. The summed E-state index contributed by atoms with van der Waals surface area (Å²) in [5.74, 6) is 0.0657. The van der Waals surface area contributed by atoms with Crippen LogP contribution in [0.25, 0.3) is 0 Å². The zero-order chi connectivity index (χ0) is 21.5. The maximum atomic E-state index is 11.2. The highest BCUT2D eigenvalue weighted by Gasteiger charge is 2.50. The van der Waals surface area contributed by atoms with Crippen LogP contribution in [0.3, 0.4) is 0 Å². The predicted octanol–water partition coefficient (Wildman–Crippen LogP) is 4.18. The smallest absolute Gasteiger partial charge is 0.355 e.